The van der Waals surface area contributed by atoms with Crippen LogP contribution in [0.25, 0.3) is 0 Å². The van der Waals surface area contributed by atoms with Crippen molar-refractivity contribution in [3.8, 4) is 5.75 Å². The van der Waals surface area contributed by atoms with Gasteiger partial charge in [0.1, 0.15) is 16.7 Å². The fraction of sp³-hybridized carbons (Fsp3) is 0.333. The second-order valence-corrected chi connectivity index (χ2v) is 4.70. The third-order valence-corrected chi connectivity index (χ3v) is 3.24. The molecular formula is C12H11F2NO4. The van der Waals surface area contributed by atoms with Crippen molar-refractivity contribution in [3.05, 3.63) is 23.8 Å². The Morgan fingerprint density at radius 1 is 1.37 bits per heavy atom. The highest BCUT2D eigenvalue weighted by molar-refractivity contribution is 6.00. The SMILES string of the molecule is CC1(C(=O)Nc2ccc(O)c(C(=O)O)c2)CC1(F)F. The predicted octanol–water partition coefficient (Wildman–Crippen LogP) is 2.07. The third kappa shape index (κ3) is 2.11. The summed E-state index contributed by atoms with van der Waals surface area (Å²) in [6.07, 6.45) is -0.532. The molecule has 7 heteroatoms. The van der Waals surface area contributed by atoms with Gasteiger partial charge in [0.2, 0.25) is 5.91 Å². The van der Waals surface area contributed by atoms with Crippen molar-refractivity contribution in [2.45, 2.75) is 19.3 Å². The number of benzene rings is 1. The number of anilines is 1. The number of amides is 1. The number of halogens is 2. The summed E-state index contributed by atoms with van der Waals surface area (Å²) in [5, 5.41) is 20.3. The number of phenols is 1. The van der Waals surface area contributed by atoms with E-state index in [1.165, 1.54) is 6.07 Å². The Bertz CT molecular complexity index is 573. The number of hydrogen-bond donors (Lipinski definition) is 3. The monoisotopic (exact) mass is 271 g/mol. The van der Waals surface area contributed by atoms with Crippen LogP contribution in [0.2, 0.25) is 0 Å². The zero-order valence-electron chi connectivity index (χ0n) is 9.91. The first kappa shape index (κ1) is 13.3. The quantitative estimate of drug-likeness (QED) is 0.734. The van der Waals surface area contributed by atoms with E-state index >= 15 is 0 Å². The van der Waals surface area contributed by atoms with E-state index in [1.54, 1.807) is 0 Å². The minimum Gasteiger partial charge on any atom is -0.507 e. The van der Waals surface area contributed by atoms with Crippen molar-refractivity contribution >= 4 is 17.6 Å². The maximum Gasteiger partial charge on any atom is 0.339 e. The molecule has 102 valence electrons. The second kappa shape index (κ2) is 3.91. The van der Waals surface area contributed by atoms with Gasteiger partial charge in [-0.3, -0.25) is 4.79 Å². The summed E-state index contributed by atoms with van der Waals surface area (Å²) in [5.41, 5.74) is -2.12. The van der Waals surface area contributed by atoms with Gasteiger partial charge in [-0.1, -0.05) is 0 Å². The van der Waals surface area contributed by atoms with E-state index in [9.17, 15) is 23.5 Å². The number of alkyl halides is 2. The standard InChI is InChI=1S/C12H11F2NO4/c1-11(5-12(11,13)14)10(19)15-6-2-3-8(16)7(4-6)9(17)18/h2-4,16H,5H2,1H3,(H,15,19)(H,17,18). The van der Waals surface area contributed by atoms with E-state index in [0.717, 1.165) is 19.1 Å². The topological polar surface area (TPSA) is 86.6 Å². The van der Waals surface area contributed by atoms with Gasteiger partial charge in [0.25, 0.3) is 5.92 Å². The lowest BCUT2D eigenvalue weighted by atomic mass is 10.1. The number of aromatic hydroxyl groups is 1. The molecule has 2 rings (SSSR count). The zero-order chi connectivity index (χ0) is 14.4. The molecule has 0 spiro atoms. The fourth-order valence-corrected chi connectivity index (χ4v) is 1.70. The van der Waals surface area contributed by atoms with Crippen LogP contribution in [0, 0.1) is 5.41 Å². The van der Waals surface area contributed by atoms with Gasteiger partial charge in [0, 0.05) is 12.1 Å². The van der Waals surface area contributed by atoms with Crippen LogP contribution in [0.1, 0.15) is 23.7 Å². The lowest BCUT2D eigenvalue weighted by molar-refractivity contribution is -0.123. The molecule has 1 aromatic carbocycles. The van der Waals surface area contributed by atoms with Gasteiger partial charge >= 0.3 is 5.97 Å². The van der Waals surface area contributed by atoms with Crippen molar-refractivity contribution in [2.75, 3.05) is 5.32 Å². The predicted molar refractivity (Wildman–Crippen MR) is 61.4 cm³/mol. The molecular weight excluding hydrogens is 260 g/mol. The molecule has 1 atom stereocenters. The molecule has 1 amide bonds. The first-order chi connectivity index (χ1) is 8.67. The van der Waals surface area contributed by atoms with E-state index in [1.807, 2.05) is 0 Å². The summed E-state index contributed by atoms with van der Waals surface area (Å²) >= 11 is 0. The first-order valence-corrected chi connectivity index (χ1v) is 5.43. The normalized spacial score (nSPS) is 23.7. The van der Waals surface area contributed by atoms with Crippen LogP contribution < -0.4 is 5.32 Å². The molecule has 1 aliphatic carbocycles. The molecule has 0 aromatic heterocycles. The van der Waals surface area contributed by atoms with E-state index in [-0.39, 0.29) is 5.69 Å². The lowest BCUT2D eigenvalue weighted by Crippen LogP contribution is -2.26. The molecule has 5 nitrogen and oxygen atoms in total. The Balaban J connectivity index is 2.19. The van der Waals surface area contributed by atoms with E-state index < -0.39 is 40.9 Å². The number of carbonyl (C=O) groups is 2. The zero-order valence-corrected chi connectivity index (χ0v) is 9.91. The van der Waals surface area contributed by atoms with Crippen LogP contribution in [0.15, 0.2) is 18.2 Å². The number of carboxylic acid groups (broad SMARTS) is 1. The van der Waals surface area contributed by atoms with Gasteiger partial charge in [-0.05, 0) is 25.1 Å². The largest absolute Gasteiger partial charge is 0.507 e. The number of rotatable bonds is 3. The van der Waals surface area contributed by atoms with E-state index in [0.29, 0.717) is 0 Å². The highest BCUT2D eigenvalue weighted by Crippen LogP contribution is 2.60. The van der Waals surface area contributed by atoms with Gasteiger partial charge in [-0.15, -0.1) is 0 Å². The molecule has 0 bridgehead atoms. The molecule has 0 radical (unpaired) electrons. The number of aromatic carboxylic acids is 1. The summed E-state index contributed by atoms with van der Waals surface area (Å²) in [5.74, 6) is -5.76. The maximum absolute atomic E-state index is 13.0. The third-order valence-electron chi connectivity index (χ3n) is 3.24. The van der Waals surface area contributed by atoms with Crippen LogP contribution >= 0.6 is 0 Å². The van der Waals surface area contributed by atoms with Gasteiger partial charge in [0.15, 0.2) is 0 Å². The Kier molecular flexibility index (Phi) is 2.73. The minimum absolute atomic E-state index is 0.0455. The highest BCUT2D eigenvalue weighted by Gasteiger charge is 2.72. The summed E-state index contributed by atoms with van der Waals surface area (Å²) < 4.78 is 26.0. The van der Waals surface area contributed by atoms with Crippen molar-refractivity contribution in [2.24, 2.45) is 5.41 Å². The van der Waals surface area contributed by atoms with Crippen molar-refractivity contribution in [1.29, 1.82) is 0 Å². The molecule has 1 fully saturated rings. The fourth-order valence-electron chi connectivity index (χ4n) is 1.70. The Morgan fingerprint density at radius 2 is 1.95 bits per heavy atom. The Hall–Kier alpha value is -2.18. The molecule has 1 aliphatic rings. The number of nitrogens with one attached hydrogen (secondary N) is 1. The molecule has 19 heavy (non-hydrogen) atoms. The van der Waals surface area contributed by atoms with Crippen molar-refractivity contribution < 1.29 is 28.6 Å². The Labute approximate surface area is 106 Å². The van der Waals surface area contributed by atoms with Gasteiger partial charge in [0.05, 0.1) is 0 Å². The van der Waals surface area contributed by atoms with E-state index in [4.69, 9.17) is 5.11 Å². The molecule has 0 heterocycles. The van der Waals surface area contributed by atoms with Gasteiger partial charge in [-0.2, -0.15) is 0 Å². The molecule has 1 unspecified atom stereocenters. The number of carboxylic acids is 1. The van der Waals surface area contributed by atoms with Crippen LogP contribution in [-0.2, 0) is 4.79 Å². The van der Waals surface area contributed by atoms with Crippen LogP contribution in [-0.4, -0.2) is 28.0 Å². The average molecular weight is 271 g/mol. The molecule has 0 aliphatic heterocycles. The Morgan fingerprint density at radius 3 is 2.42 bits per heavy atom. The summed E-state index contributed by atoms with van der Waals surface area (Å²) in [7, 11) is 0. The van der Waals surface area contributed by atoms with Gasteiger partial charge in [-0.25, -0.2) is 13.6 Å². The molecule has 1 saturated carbocycles. The van der Waals surface area contributed by atoms with Gasteiger partial charge < -0.3 is 15.5 Å². The summed E-state index contributed by atoms with van der Waals surface area (Å²) in [4.78, 5) is 22.5. The van der Waals surface area contributed by atoms with Crippen LogP contribution in [0.3, 0.4) is 0 Å². The highest BCUT2D eigenvalue weighted by atomic mass is 19.3. The van der Waals surface area contributed by atoms with Crippen LogP contribution in [0.5, 0.6) is 5.75 Å². The maximum atomic E-state index is 13.0. The van der Waals surface area contributed by atoms with Crippen molar-refractivity contribution in [1.82, 2.24) is 0 Å². The number of hydrogen-bond acceptors (Lipinski definition) is 3. The molecule has 1 aromatic rings. The van der Waals surface area contributed by atoms with Crippen LogP contribution in [0.4, 0.5) is 14.5 Å². The summed E-state index contributed by atoms with van der Waals surface area (Å²) in [6, 6.07) is 3.33. The lowest BCUT2D eigenvalue weighted by Gasteiger charge is -2.12. The smallest absolute Gasteiger partial charge is 0.339 e. The number of carbonyl (C=O) groups excluding carboxylic acids is 1. The minimum atomic E-state index is -3.04. The van der Waals surface area contributed by atoms with E-state index in [2.05, 4.69) is 5.32 Å². The van der Waals surface area contributed by atoms with Crippen molar-refractivity contribution in [3.63, 3.8) is 0 Å². The first-order valence-electron chi connectivity index (χ1n) is 5.43. The summed E-state index contributed by atoms with van der Waals surface area (Å²) in [6.45, 7) is 1.14. The second-order valence-electron chi connectivity index (χ2n) is 4.70. The molecule has 0 saturated heterocycles. The average Bonchev–Trinajstić information content (AvgIpc) is 2.82. The molecule has 3 N–H and O–H groups in total.